The van der Waals surface area contributed by atoms with Gasteiger partial charge in [0.15, 0.2) is 11.6 Å². The van der Waals surface area contributed by atoms with Crippen LogP contribution in [0.5, 0.6) is 5.75 Å². The molecule has 2 heterocycles. The van der Waals surface area contributed by atoms with E-state index in [2.05, 4.69) is 10.3 Å². The third-order valence-corrected chi connectivity index (χ3v) is 4.30. The van der Waals surface area contributed by atoms with Gasteiger partial charge >= 0.3 is 0 Å². The number of aromatic nitrogens is 1. The van der Waals surface area contributed by atoms with E-state index in [1.54, 1.807) is 18.0 Å². The fraction of sp³-hybridized carbons (Fsp3) is 0.190. The summed E-state index contributed by atoms with van der Waals surface area (Å²) >= 11 is 0. The van der Waals surface area contributed by atoms with Gasteiger partial charge in [0.05, 0.1) is 6.54 Å². The van der Waals surface area contributed by atoms with Crippen LogP contribution in [-0.2, 0) is 16.1 Å². The number of benzene rings is 1. The highest BCUT2D eigenvalue weighted by molar-refractivity contribution is 5.92. The van der Waals surface area contributed by atoms with Crippen LogP contribution in [0.25, 0.3) is 17.0 Å². The lowest BCUT2D eigenvalue weighted by molar-refractivity contribution is -0.125. The molecule has 0 unspecified atom stereocenters. The van der Waals surface area contributed by atoms with Gasteiger partial charge in [0.2, 0.25) is 11.8 Å². The van der Waals surface area contributed by atoms with Crippen LogP contribution in [0.4, 0.5) is 5.82 Å². The van der Waals surface area contributed by atoms with E-state index < -0.39 is 0 Å². The minimum atomic E-state index is -0.330. The third kappa shape index (κ3) is 5.14. The number of hydrogen-bond acceptors (Lipinski definition) is 5. The van der Waals surface area contributed by atoms with Gasteiger partial charge in [0, 0.05) is 37.2 Å². The lowest BCUT2D eigenvalue weighted by Gasteiger charge is -2.13. The van der Waals surface area contributed by atoms with Gasteiger partial charge in [-0.25, -0.2) is 4.98 Å². The number of anilines is 1. The number of rotatable bonds is 5. The highest BCUT2D eigenvalue weighted by Crippen LogP contribution is 2.26. The van der Waals surface area contributed by atoms with E-state index in [0.29, 0.717) is 12.1 Å². The van der Waals surface area contributed by atoms with Crippen molar-refractivity contribution in [2.75, 3.05) is 12.4 Å². The van der Waals surface area contributed by atoms with Crippen LogP contribution in [0.1, 0.15) is 23.8 Å². The van der Waals surface area contributed by atoms with Gasteiger partial charge in [-0.3, -0.25) is 9.59 Å². The first-order valence-electron chi connectivity index (χ1n) is 8.72. The van der Waals surface area contributed by atoms with Crippen molar-refractivity contribution in [2.24, 2.45) is 0 Å². The number of pyridine rings is 1. The SMILES string of the molecule is CC(=O)Nc1ncc(/C=C/C(=O)N(C)Cc2oc3ccccc3c2C)cc1O.Cl. The van der Waals surface area contributed by atoms with Crippen molar-refractivity contribution in [3.8, 4) is 5.75 Å². The highest BCUT2D eigenvalue weighted by atomic mass is 35.5. The first-order valence-corrected chi connectivity index (χ1v) is 8.72. The molecule has 0 spiro atoms. The molecule has 7 nitrogen and oxygen atoms in total. The quantitative estimate of drug-likeness (QED) is 0.616. The summed E-state index contributed by atoms with van der Waals surface area (Å²) in [6.45, 7) is 3.64. The molecule has 2 amide bonds. The average molecular weight is 416 g/mol. The molecule has 0 saturated heterocycles. The Morgan fingerprint density at radius 1 is 1.31 bits per heavy atom. The smallest absolute Gasteiger partial charge is 0.246 e. The molecule has 2 N–H and O–H groups in total. The Kier molecular flexibility index (Phi) is 7.01. The van der Waals surface area contributed by atoms with Crippen molar-refractivity contribution < 1.29 is 19.1 Å². The lowest BCUT2D eigenvalue weighted by atomic mass is 10.1. The molecule has 0 radical (unpaired) electrons. The Morgan fingerprint density at radius 2 is 2.03 bits per heavy atom. The number of aryl methyl sites for hydroxylation is 1. The second-order valence-corrected chi connectivity index (χ2v) is 6.49. The van der Waals surface area contributed by atoms with Crippen LogP contribution >= 0.6 is 12.4 Å². The molecule has 0 aliphatic carbocycles. The molecule has 0 aliphatic heterocycles. The van der Waals surface area contributed by atoms with E-state index in [1.807, 2.05) is 31.2 Å². The molecule has 0 aliphatic rings. The number of nitrogens with one attached hydrogen (secondary N) is 1. The number of para-hydroxylation sites is 1. The van der Waals surface area contributed by atoms with E-state index >= 15 is 0 Å². The predicted molar refractivity (Wildman–Crippen MR) is 114 cm³/mol. The normalized spacial score (nSPS) is 10.7. The summed E-state index contributed by atoms with van der Waals surface area (Å²) in [5, 5.41) is 13.3. The fourth-order valence-electron chi connectivity index (χ4n) is 2.79. The van der Waals surface area contributed by atoms with Gasteiger partial charge in [-0.05, 0) is 30.7 Å². The number of halogens is 1. The minimum absolute atomic E-state index is 0. The van der Waals surface area contributed by atoms with Crippen LogP contribution < -0.4 is 5.32 Å². The maximum atomic E-state index is 12.4. The van der Waals surface area contributed by atoms with Crippen LogP contribution in [0.3, 0.4) is 0 Å². The number of nitrogens with zero attached hydrogens (tertiary/aromatic N) is 2. The molecule has 0 atom stereocenters. The second kappa shape index (κ2) is 9.25. The summed E-state index contributed by atoms with van der Waals surface area (Å²) < 4.78 is 5.85. The highest BCUT2D eigenvalue weighted by Gasteiger charge is 2.14. The molecular weight excluding hydrogens is 394 g/mol. The summed E-state index contributed by atoms with van der Waals surface area (Å²) in [5.41, 5.74) is 2.35. The summed E-state index contributed by atoms with van der Waals surface area (Å²) in [4.78, 5) is 29.0. The number of likely N-dealkylation sites (N-methyl/N-ethyl adjacent to an activating group) is 1. The molecule has 1 aromatic carbocycles. The van der Waals surface area contributed by atoms with Crippen molar-refractivity contribution in [1.29, 1.82) is 0 Å². The molecule has 3 rings (SSSR count). The number of carbonyl (C=O) groups excluding carboxylic acids is 2. The molecular formula is C21H22ClN3O4. The Labute approximate surface area is 174 Å². The molecule has 0 fully saturated rings. The number of furan rings is 1. The summed E-state index contributed by atoms with van der Waals surface area (Å²) in [5.74, 6) is 0.1000. The van der Waals surface area contributed by atoms with Crippen molar-refractivity contribution in [1.82, 2.24) is 9.88 Å². The number of aromatic hydroxyl groups is 1. The molecule has 0 bridgehead atoms. The van der Waals surface area contributed by atoms with Crippen LogP contribution in [0.2, 0.25) is 0 Å². The van der Waals surface area contributed by atoms with Crippen LogP contribution in [0, 0.1) is 6.92 Å². The van der Waals surface area contributed by atoms with Crippen molar-refractivity contribution in [2.45, 2.75) is 20.4 Å². The van der Waals surface area contributed by atoms with Crippen LogP contribution in [-0.4, -0.2) is 33.9 Å². The van der Waals surface area contributed by atoms with Crippen LogP contribution in [0.15, 0.2) is 47.0 Å². The molecule has 2 aromatic heterocycles. The number of hydrogen-bond donors (Lipinski definition) is 2. The zero-order chi connectivity index (χ0) is 20.3. The lowest BCUT2D eigenvalue weighted by Crippen LogP contribution is -2.24. The maximum absolute atomic E-state index is 12.4. The van der Waals surface area contributed by atoms with Crippen molar-refractivity contribution in [3.63, 3.8) is 0 Å². The average Bonchev–Trinajstić information content (AvgIpc) is 2.97. The van der Waals surface area contributed by atoms with Gasteiger partial charge in [-0.15, -0.1) is 12.4 Å². The second-order valence-electron chi connectivity index (χ2n) is 6.49. The van der Waals surface area contributed by atoms with Gasteiger partial charge in [0.1, 0.15) is 11.3 Å². The Balaban J connectivity index is 0.00000300. The van der Waals surface area contributed by atoms with Gasteiger partial charge in [-0.1, -0.05) is 18.2 Å². The van der Waals surface area contributed by atoms with E-state index in [1.165, 1.54) is 25.3 Å². The van der Waals surface area contributed by atoms with E-state index in [0.717, 1.165) is 22.3 Å². The predicted octanol–water partition coefficient (Wildman–Crippen LogP) is 3.89. The van der Waals surface area contributed by atoms with Gasteiger partial charge in [-0.2, -0.15) is 0 Å². The zero-order valence-corrected chi connectivity index (χ0v) is 17.1. The first kappa shape index (κ1) is 22.0. The maximum Gasteiger partial charge on any atom is 0.246 e. The van der Waals surface area contributed by atoms with Gasteiger partial charge < -0.3 is 19.7 Å². The fourth-order valence-corrected chi connectivity index (χ4v) is 2.79. The van der Waals surface area contributed by atoms with E-state index in [4.69, 9.17) is 4.42 Å². The molecule has 29 heavy (non-hydrogen) atoms. The van der Waals surface area contributed by atoms with Crippen molar-refractivity contribution >= 4 is 47.1 Å². The minimum Gasteiger partial charge on any atom is -0.504 e. The molecule has 3 aromatic rings. The molecule has 152 valence electrons. The molecule has 0 saturated carbocycles. The standard InChI is InChI=1S/C21H21N3O4.ClH/c1-13-16-6-4-5-7-18(16)28-19(13)12-24(3)20(27)9-8-15-10-17(26)21(22-11-15)23-14(2)25;/h4-11,26H,12H2,1-3H3,(H,22,23,25);1H/b9-8+;. The topological polar surface area (TPSA) is 95.7 Å². The molecule has 8 heteroatoms. The first-order chi connectivity index (χ1) is 13.3. The van der Waals surface area contributed by atoms with E-state index in [9.17, 15) is 14.7 Å². The summed E-state index contributed by atoms with van der Waals surface area (Å²) in [6.07, 6.45) is 4.40. The van der Waals surface area contributed by atoms with Crippen molar-refractivity contribution in [3.05, 3.63) is 59.5 Å². The number of carbonyl (C=O) groups is 2. The van der Waals surface area contributed by atoms with Gasteiger partial charge in [0.25, 0.3) is 0 Å². The monoisotopic (exact) mass is 415 g/mol. The Hall–Kier alpha value is -3.32. The third-order valence-electron chi connectivity index (χ3n) is 4.30. The van der Waals surface area contributed by atoms with E-state index in [-0.39, 0.29) is 35.8 Å². The Bertz CT molecular complexity index is 1070. The largest absolute Gasteiger partial charge is 0.504 e. The summed E-state index contributed by atoms with van der Waals surface area (Å²) in [7, 11) is 1.69. The Morgan fingerprint density at radius 3 is 2.69 bits per heavy atom. The number of amides is 2. The zero-order valence-electron chi connectivity index (χ0n) is 16.3. The number of fused-ring (bicyclic) bond motifs is 1. The summed E-state index contributed by atoms with van der Waals surface area (Å²) in [6, 6.07) is 9.17.